The Bertz CT molecular complexity index is 1090. The monoisotopic (exact) mass is 449 g/mol. The quantitative estimate of drug-likeness (QED) is 0.580. The van der Waals surface area contributed by atoms with Crippen molar-refractivity contribution in [2.75, 3.05) is 12.4 Å². The van der Waals surface area contributed by atoms with E-state index in [1.165, 1.54) is 22.8 Å². The normalized spacial score (nSPS) is 16.8. The van der Waals surface area contributed by atoms with E-state index in [1.54, 1.807) is 19.2 Å². The molecule has 2 amide bonds. The number of halogens is 1. The standard InChI is InChI=1S/C21H24FN3O5S/c1-13(16-6-7-17(22)19(10-16)30-12-14-4-5-14)24-31(28,29)8-2-3-15-9-18-20(26)23-21(27)25(18)11-15/h6-7,9-11,13-14,24H,2-5,8,12H2,1H3,(H,23,26,27)/t13-/m1/s1. The van der Waals surface area contributed by atoms with Gasteiger partial charge in [-0.05, 0) is 67.9 Å². The van der Waals surface area contributed by atoms with Crippen molar-refractivity contribution in [3.05, 3.63) is 53.1 Å². The van der Waals surface area contributed by atoms with Crippen molar-refractivity contribution in [1.29, 1.82) is 0 Å². The molecular weight excluding hydrogens is 425 g/mol. The Kier molecular flexibility index (Phi) is 5.85. The van der Waals surface area contributed by atoms with Crippen LogP contribution in [0.4, 0.5) is 9.18 Å². The van der Waals surface area contributed by atoms with E-state index in [4.69, 9.17) is 4.74 Å². The zero-order valence-electron chi connectivity index (χ0n) is 17.1. The lowest BCUT2D eigenvalue weighted by molar-refractivity contribution is 0.0976. The summed E-state index contributed by atoms with van der Waals surface area (Å²) in [6.45, 7) is 2.16. The Hall–Kier alpha value is -2.72. The molecule has 1 aromatic carbocycles. The number of ether oxygens (including phenoxy) is 1. The first-order valence-corrected chi connectivity index (χ1v) is 11.9. The van der Waals surface area contributed by atoms with E-state index in [-0.39, 0.29) is 17.2 Å². The molecule has 2 heterocycles. The lowest BCUT2D eigenvalue weighted by Crippen LogP contribution is -2.29. The minimum atomic E-state index is -3.59. The fourth-order valence-electron chi connectivity index (χ4n) is 3.47. The van der Waals surface area contributed by atoms with Crippen LogP contribution in [-0.2, 0) is 16.4 Å². The van der Waals surface area contributed by atoms with Gasteiger partial charge in [0.15, 0.2) is 11.6 Å². The van der Waals surface area contributed by atoms with Crippen LogP contribution in [0.5, 0.6) is 5.75 Å². The second-order valence-electron chi connectivity index (χ2n) is 8.07. The lowest BCUT2D eigenvalue weighted by Gasteiger charge is -2.16. The van der Waals surface area contributed by atoms with E-state index >= 15 is 0 Å². The van der Waals surface area contributed by atoms with Crippen molar-refractivity contribution in [2.24, 2.45) is 5.92 Å². The number of hydrogen-bond acceptors (Lipinski definition) is 5. The van der Waals surface area contributed by atoms with Crippen LogP contribution >= 0.6 is 0 Å². The Morgan fingerprint density at radius 2 is 2.06 bits per heavy atom. The minimum absolute atomic E-state index is 0.121. The molecular formula is C21H24FN3O5S. The van der Waals surface area contributed by atoms with Gasteiger partial charge in [0, 0.05) is 12.2 Å². The Morgan fingerprint density at radius 1 is 1.29 bits per heavy atom. The molecule has 1 saturated carbocycles. The molecule has 10 heteroatoms. The molecule has 4 rings (SSSR count). The van der Waals surface area contributed by atoms with Gasteiger partial charge >= 0.3 is 6.03 Å². The average molecular weight is 450 g/mol. The topological polar surface area (TPSA) is 107 Å². The van der Waals surface area contributed by atoms with Gasteiger partial charge in [0.1, 0.15) is 5.69 Å². The number of nitrogens with one attached hydrogen (secondary N) is 2. The first-order valence-electron chi connectivity index (χ1n) is 10.2. The molecule has 0 bridgehead atoms. The summed E-state index contributed by atoms with van der Waals surface area (Å²) >= 11 is 0. The SMILES string of the molecule is C[C@@H](NS(=O)(=O)CCCc1cc2n(c1)C(=O)NC2=O)c1ccc(F)c(OCC2CC2)c1. The molecule has 0 saturated heterocycles. The molecule has 1 aromatic heterocycles. The van der Waals surface area contributed by atoms with Crippen LogP contribution in [0.3, 0.4) is 0 Å². The van der Waals surface area contributed by atoms with Crippen LogP contribution < -0.4 is 14.8 Å². The van der Waals surface area contributed by atoms with Gasteiger partial charge in [0.25, 0.3) is 5.91 Å². The van der Waals surface area contributed by atoms with Gasteiger partial charge in [-0.3, -0.25) is 14.7 Å². The highest BCUT2D eigenvalue weighted by Crippen LogP contribution is 2.31. The van der Waals surface area contributed by atoms with E-state index in [9.17, 15) is 22.4 Å². The van der Waals surface area contributed by atoms with Gasteiger partial charge in [0.2, 0.25) is 10.0 Å². The third-order valence-corrected chi connectivity index (χ3v) is 6.95. The zero-order chi connectivity index (χ0) is 22.2. The van der Waals surface area contributed by atoms with Gasteiger partial charge in [-0.25, -0.2) is 22.3 Å². The van der Waals surface area contributed by atoms with Crippen LogP contribution in [0.1, 0.15) is 53.8 Å². The molecule has 0 unspecified atom stereocenters. The first kappa shape index (κ1) is 21.5. The first-order chi connectivity index (χ1) is 14.7. The summed E-state index contributed by atoms with van der Waals surface area (Å²) in [4.78, 5) is 23.2. The van der Waals surface area contributed by atoms with Gasteiger partial charge in [-0.15, -0.1) is 0 Å². The zero-order valence-corrected chi connectivity index (χ0v) is 17.9. The number of nitrogens with zero attached hydrogens (tertiary/aromatic N) is 1. The van der Waals surface area contributed by atoms with Crippen LogP contribution in [0.25, 0.3) is 0 Å². The number of rotatable bonds is 10. The highest BCUT2D eigenvalue weighted by atomic mass is 32.2. The third-order valence-electron chi connectivity index (χ3n) is 5.41. The highest BCUT2D eigenvalue weighted by Gasteiger charge is 2.27. The minimum Gasteiger partial charge on any atom is -0.490 e. The van der Waals surface area contributed by atoms with Gasteiger partial charge < -0.3 is 4.74 Å². The molecule has 1 aliphatic heterocycles. The maximum Gasteiger partial charge on any atom is 0.333 e. The molecule has 0 spiro atoms. The van der Waals surface area contributed by atoms with Gasteiger partial charge in [0.05, 0.1) is 12.4 Å². The van der Waals surface area contributed by atoms with Crippen LogP contribution in [0.2, 0.25) is 0 Å². The van der Waals surface area contributed by atoms with E-state index in [2.05, 4.69) is 10.0 Å². The molecule has 2 aromatic rings. The fraction of sp³-hybridized carbons (Fsp3) is 0.429. The van der Waals surface area contributed by atoms with E-state index in [0.29, 0.717) is 30.9 Å². The number of aromatic nitrogens is 1. The predicted octanol–water partition coefficient (Wildman–Crippen LogP) is 2.74. The average Bonchev–Trinajstić information content (AvgIpc) is 3.37. The Morgan fingerprint density at radius 3 is 2.77 bits per heavy atom. The second-order valence-corrected chi connectivity index (χ2v) is 9.94. The van der Waals surface area contributed by atoms with Gasteiger partial charge in [-0.2, -0.15) is 0 Å². The maximum absolute atomic E-state index is 14.0. The molecule has 1 aliphatic carbocycles. The van der Waals surface area contributed by atoms with Crippen molar-refractivity contribution >= 4 is 22.0 Å². The van der Waals surface area contributed by atoms with Crippen LogP contribution in [-0.4, -0.2) is 37.3 Å². The number of imide groups is 1. The summed E-state index contributed by atoms with van der Waals surface area (Å²) in [6.07, 6.45) is 4.45. The van der Waals surface area contributed by atoms with Crippen LogP contribution in [0, 0.1) is 11.7 Å². The number of hydrogen-bond donors (Lipinski definition) is 2. The summed E-state index contributed by atoms with van der Waals surface area (Å²) in [7, 11) is -3.59. The molecule has 2 aliphatic rings. The van der Waals surface area contributed by atoms with Gasteiger partial charge in [-0.1, -0.05) is 6.07 Å². The van der Waals surface area contributed by atoms with Crippen molar-refractivity contribution < 1.29 is 27.1 Å². The number of carbonyl (C=O) groups excluding carboxylic acids is 2. The molecule has 0 radical (unpaired) electrons. The third kappa shape index (κ3) is 5.13. The van der Waals surface area contributed by atoms with Crippen molar-refractivity contribution in [2.45, 2.75) is 38.6 Å². The van der Waals surface area contributed by atoms with E-state index in [1.807, 2.05) is 0 Å². The van der Waals surface area contributed by atoms with Crippen LogP contribution in [0.15, 0.2) is 30.5 Å². The number of fused-ring (bicyclic) bond motifs is 1. The van der Waals surface area contributed by atoms with Crippen molar-refractivity contribution in [3.63, 3.8) is 0 Å². The lowest BCUT2D eigenvalue weighted by atomic mass is 10.1. The summed E-state index contributed by atoms with van der Waals surface area (Å²) in [5.74, 6) is -0.431. The largest absolute Gasteiger partial charge is 0.490 e. The molecule has 2 N–H and O–H groups in total. The smallest absolute Gasteiger partial charge is 0.333 e. The molecule has 166 valence electrons. The molecule has 31 heavy (non-hydrogen) atoms. The summed E-state index contributed by atoms with van der Waals surface area (Å²) in [6, 6.07) is 4.89. The summed E-state index contributed by atoms with van der Waals surface area (Å²) in [5, 5.41) is 2.18. The number of amides is 2. The Labute approximate surface area is 179 Å². The van der Waals surface area contributed by atoms with E-state index in [0.717, 1.165) is 18.4 Å². The summed E-state index contributed by atoms with van der Waals surface area (Å²) < 4.78 is 48.3. The molecule has 1 atom stereocenters. The van der Waals surface area contributed by atoms with Crippen molar-refractivity contribution in [1.82, 2.24) is 14.6 Å². The summed E-state index contributed by atoms with van der Waals surface area (Å²) in [5.41, 5.74) is 1.59. The highest BCUT2D eigenvalue weighted by molar-refractivity contribution is 7.89. The number of aryl methyl sites for hydroxylation is 1. The number of sulfonamides is 1. The number of benzene rings is 1. The fourth-order valence-corrected chi connectivity index (χ4v) is 4.79. The number of carbonyl (C=O) groups is 2. The van der Waals surface area contributed by atoms with E-state index < -0.39 is 33.8 Å². The predicted molar refractivity (Wildman–Crippen MR) is 111 cm³/mol. The Balaban J connectivity index is 1.31. The maximum atomic E-state index is 14.0. The van der Waals surface area contributed by atoms with Crippen molar-refractivity contribution in [3.8, 4) is 5.75 Å². The molecule has 1 fully saturated rings. The molecule has 8 nitrogen and oxygen atoms in total. The second kappa shape index (κ2) is 8.43.